The molecular weight excluding hydrogens is 260 g/mol. The monoisotopic (exact) mass is 288 g/mol. The van der Waals surface area contributed by atoms with Gasteiger partial charge in [0.1, 0.15) is 5.75 Å². The second kappa shape index (κ2) is 6.37. The van der Waals surface area contributed by atoms with Crippen LogP contribution in [0.15, 0.2) is 18.2 Å². The Kier molecular flexibility index (Phi) is 4.51. The van der Waals surface area contributed by atoms with E-state index in [2.05, 4.69) is 42.4 Å². The van der Waals surface area contributed by atoms with E-state index in [1.54, 1.807) is 7.11 Å². The number of ether oxygens (including phenoxy) is 1. The van der Waals surface area contributed by atoms with E-state index in [0.29, 0.717) is 12.1 Å². The van der Waals surface area contributed by atoms with Gasteiger partial charge in [0.2, 0.25) is 0 Å². The number of aryl methyl sites for hydroxylation is 1. The first-order valence-electron chi connectivity index (χ1n) is 8.29. The van der Waals surface area contributed by atoms with Gasteiger partial charge < -0.3 is 15.0 Å². The maximum Gasteiger partial charge on any atom is 0.119 e. The summed E-state index contributed by atoms with van der Waals surface area (Å²) in [6.07, 6.45) is 4.99. The van der Waals surface area contributed by atoms with Crippen LogP contribution in [-0.4, -0.2) is 38.2 Å². The number of hydrogen-bond acceptors (Lipinski definition) is 3. The first-order valence-corrected chi connectivity index (χ1v) is 8.29. The van der Waals surface area contributed by atoms with E-state index in [4.69, 9.17) is 4.74 Å². The molecule has 1 heterocycles. The fourth-order valence-corrected chi connectivity index (χ4v) is 3.95. The van der Waals surface area contributed by atoms with Crippen LogP contribution in [0.3, 0.4) is 0 Å². The Balaban J connectivity index is 1.73. The Bertz CT molecular complexity index is 488. The van der Waals surface area contributed by atoms with E-state index in [1.165, 1.54) is 49.9 Å². The molecule has 0 bridgehead atoms. The number of hydrogen-bond donors (Lipinski definition) is 1. The minimum Gasteiger partial charge on any atom is -0.497 e. The fourth-order valence-electron chi connectivity index (χ4n) is 3.95. The van der Waals surface area contributed by atoms with E-state index < -0.39 is 0 Å². The lowest BCUT2D eigenvalue weighted by Gasteiger charge is -2.39. The number of benzene rings is 1. The van der Waals surface area contributed by atoms with Crippen molar-refractivity contribution < 1.29 is 4.74 Å². The second-order valence-corrected chi connectivity index (χ2v) is 6.81. The Labute approximate surface area is 128 Å². The molecule has 2 aliphatic rings. The molecule has 1 aromatic rings. The third-order valence-corrected chi connectivity index (χ3v) is 5.19. The number of likely N-dealkylation sites (tertiary alicyclic amines) is 1. The number of piperidine rings is 1. The fraction of sp³-hybridized carbons (Fsp3) is 0.667. The summed E-state index contributed by atoms with van der Waals surface area (Å²) in [6, 6.07) is 7.78. The Morgan fingerprint density at radius 2 is 2.14 bits per heavy atom. The third kappa shape index (κ3) is 3.24. The molecule has 0 saturated carbocycles. The predicted molar refractivity (Wildman–Crippen MR) is 86.9 cm³/mol. The van der Waals surface area contributed by atoms with Crippen molar-refractivity contribution in [3.63, 3.8) is 0 Å². The van der Waals surface area contributed by atoms with Crippen molar-refractivity contribution in [3.8, 4) is 5.75 Å². The normalized spacial score (nSPS) is 30.0. The van der Waals surface area contributed by atoms with Gasteiger partial charge in [0.25, 0.3) is 0 Å². The highest BCUT2D eigenvalue weighted by molar-refractivity contribution is 5.39. The highest BCUT2D eigenvalue weighted by Gasteiger charge is 2.28. The molecule has 3 atom stereocenters. The average molecular weight is 288 g/mol. The number of nitrogens with zero attached hydrogens (tertiary/aromatic N) is 1. The van der Waals surface area contributed by atoms with Crippen LogP contribution in [0.4, 0.5) is 0 Å². The van der Waals surface area contributed by atoms with Crippen LogP contribution in [-0.2, 0) is 6.42 Å². The van der Waals surface area contributed by atoms with Crippen LogP contribution in [0, 0.1) is 5.92 Å². The largest absolute Gasteiger partial charge is 0.497 e. The van der Waals surface area contributed by atoms with Gasteiger partial charge in [-0.1, -0.05) is 13.0 Å². The van der Waals surface area contributed by atoms with Gasteiger partial charge in [-0.25, -0.2) is 0 Å². The third-order valence-electron chi connectivity index (χ3n) is 5.19. The van der Waals surface area contributed by atoms with Gasteiger partial charge in [-0.15, -0.1) is 0 Å². The van der Waals surface area contributed by atoms with Gasteiger partial charge in [0, 0.05) is 18.6 Å². The molecule has 3 nitrogen and oxygen atoms in total. The summed E-state index contributed by atoms with van der Waals surface area (Å²) in [4.78, 5) is 2.45. The summed E-state index contributed by atoms with van der Waals surface area (Å²) >= 11 is 0. The summed E-state index contributed by atoms with van der Waals surface area (Å²) in [5, 5.41) is 3.95. The Hall–Kier alpha value is -1.06. The molecule has 3 rings (SSSR count). The van der Waals surface area contributed by atoms with Crippen LogP contribution in [0.25, 0.3) is 0 Å². The lowest BCUT2D eigenvalue weighted by atomic mass is 9.85. The molecule has 1 N–H and O–H groups in total. The molecule has 3 heteroatoms. The van der Waals surface area contributed by atoms with E-state index in [1.807, 2.05) is 0 Å². The lowest BCUT2D eigenvalue weighted by Crippen LogP contribution is -2.48. The predicted octanol–water partition coefficient (Wildman–Crippen LogP) is 3.00. The standard InChI is InChI=1S/C18H28N2O/c1-13-12-20(2)10-9-17(13)19-18-6-4-5-14-11-15(21-3)7-8-16(14)18/h7-8,11,13,17-19H,4-6,9-10,12H2,1-3H3. The summed E-state index contributed by atoms with van der Waals surface area (Å²) in [5.74, 6) is 1.72. The molecule has 0 amide bonds. The molecule has 1 saturated heterocycles. The topological polar surface area (TPSA) is 24.5 Å². The maximum atomic E-state index is 5.37. The Morgan fingerprint density at radius 3 is 2.90 bits per heavy atom. The first kappa shape index (κ1) is 14.9. The van der Waals surface area contributed by atoms with Crippen LogP contribution in [0.5, 0.6) is 5.75 Å². The highest BCUT2D eigenvalue weighted by atomic mass is 16.5. The van der Waals surface area contributed by atoms with Crippen LogP contribution >= 0.6 is 0 Å². The molecule has 1 fully saturated rings. The lowest BCUT2D eigenvalue weighted by molar-refractivity contribution is 0.163. The van der Waals surface area contributed by atoms with Gasteiger partial charge in [0.15, 0.2) is 0 Å². The number of methoxy groups -OCH3 is 1. The second-order valence-electron chi connectivity index (χ2n) is 6.81. The minimum atomic E-state index is 0.524. The van der Waals surface area contributed by atoms with Gasteiger partial charge in [-0.05, 0) is 68.5 Å². The molecule has 0 radical (unpaired) electrons. The minimum absolute atomic E-state index is 0.524. The molecular formula is C18H28N2O. The van der Waals surface area contributed by atoms with Crippen molar-refractivity contribution in [2.75, 3.05) is 27.2 Å². The first-order chi connectivity index (χ1) is 10.2. The van der Waals surface area contributed by atoms with Gasteiger partial charge in [-0.2, -0.15) is 0 Å². The molecule has 116 valence electrons. The summed E-state index contributed by atoms with van der Waals surface area (Å²) in [6.45, 7) is 4.80. The van der Waals surface area contributed by atoms with Crippen molar-refractivity contribution in [2.24, 2.45) is 5.92 Å². The molecule has 0 spiro atoms. The van der Waals surface area contributed by atoms with Crippen molar-refractivity contribution in [2.45, 2.75) is 44.7 Å². The number of nitrogens with one attached hydrogen (secondary N) is 1. The SMILES string of the molecule is COc1ccc2c(c1)CCCC2NC1CCN(C)CC1C. The van der Waals surface area contributed by atoms with Crippen LogP contribution < -0.4 is 10.1 Å². The van der Waals surface area contributed by atoms with Crippen LogP contribution in [0.1, 0.15) is 43.4 Å². The van der Waals surface area contributed by atoms with E-state index in [9.17, 15) is 0 Å². The molecule has 21 heavy (non-hydrogen) atoms. The zero-order valence-electron chi connectivity index (χ0n) is 13.6. The quantitative estimate of drug-likeness (QED) is 0.925. The van der Waals surface area contributed by atoms with E-state index in [-0.39, 0.29) is 0 Å². The molecule has 1 aromatic carbocycles. The average Bonchev–Trinajstić information content (AvgIpc) is 2.49. The molecule has 3 unspecified atom stereocenters. The Morgan fingerprint density at radius 1 is 1.29 bits per heavy atom. The zero-order chi connectivity index (χ0) is 14.8. The van der Waals surface area contributed by atoms with E-state index in [0.717, 1.165) is 11.7 Å². The highest BCUT2D eigenvalue weighted by Crippen LogP contribution is 2.33. The van der Waals surface area contributed by atoms with Gasteiger partial charge in [-0.3, -0.25) is 0 Å². The van der Waals surface area contributed by atoms with Crippen molar-refractivity contribution in [1.82, 2.24) is 10.2 Å². The van der Waals surface area contributed by atoms with Crippen molar-refractivity contribution >= 4 is 0 Å². The van der Waals surface area contributed by atoms with Crippen LogP contribution in [0.2, 0.25) is 0 Å². The van der Waals surface area contributed by atoms with Gasteiger partial charge >= 0.3 is 0 Å². The maximum absolute atomic E-state index is 5.37. The summed E-state index contributed by atoms with van der Waals surface area (Å²) in [5.41, 5.74) is 2.96. The summed E-state index contributed by atoms with van der Waals surface area (Å²) < 4.78 is 5.37. The zero-order valence-corrected chi connectivity index (χ0v) is 13.6. The number of fused-ring (bicyclic) bond motifs is 1. The smallest absolute Gasteiger partial charge is 0.119 e. The van der Waals surface area contributed by atoms with E-state index >= 15 is 0 Å². The van der Waals surface area contributed by atoms with Crippen molar-refractivity contribution in [3.05, 3.63) is 29.3 Å². The van der Waals surface area contributed by atoms with Gasteiger partial charge in [0.05, 0.1) is 7.11 Å². The number of rotatable bonds is 3. The molecule has 1 aliphatic carbocycles. The molecule has 0 aromatic heterocycles. The summed E-state index contributed by atoms with van der Waals surface area (Å²) in [7, 11) is 3.98. The molecule has 1 aliphatic heterocycles. The van der Waals surface area contributed by atoms with Crippen molar-refractivity contribution in [1.29, 1.82) is 0 Å².